The van der Waals surface area contributed by atoms with E-state index < -0.39 is 23.1 Å². The number of hydrogen-bond donors (Lipinski definition) is 2. The number of hydrogen-bond acceptors (Lipinski definition) is 2. The normalized spacial score (nSPS) is 17.5. The lowest BCUT2D eigenvalue weighted by atomic mass is 9.97. The highest BCUT2D eigenvalue weighted by molar-refractivity contribution is 5.95. The SMILES string of the molecule is Cc1cc(C(=O)NC2(CN)CCCC2)c(F)cc1F. The van der Waals surface area contributed by atoms with E-state index in [1.165, 1.54) is 13.0 Å². The Kier molecular flexibility index (Phi) is 3.85. The molecule has 1 amide bonds. The van der Waals surface area contributed by atoms with Gasteiger partial charge in [0.2, 0.25) is 0 Å². The topological polar surface area (TPSA) is 55.1 Å². The van der Waals surface area contributed by atoms with E-state index in [-0.39, 0.29) is 11.1 Å². The fourth-order valence-corrected chi connectivity index (χ4v) is 2.57. The Bertz CT molecular complexity index is 496. The third-order valence-electron chi connectivity index (χ3n) is 3.82. The number of benzene rings is 1. The van der Waals surface area contributed by atoms with E-state index in [2.05, 4.69) is 5.32 Å². The standard InChI is InChI=1S/C14H18F2N2O/c1-9-6-10(12(16)7-11(9)15)13(19)18-14(8-17)4-2-3-5-14/h6-7H,2-5,8,17H2,1H3,(H,18,19). The molecule has 0 heterocycles. The van der Waals surface area contributed by atoms with Crippen molar-refractivity contribution in [2.45, 2.75) is 38.1 Å². The lowest BCUT2D eigenvalue weighted by Crippen LogP contribution is -2.51. The van der Waals surface area contributed by atoms with Crippen LogP contribution in [0.1, 0.15) is 41.6 Å². The van der Waals surface area contributed by atoms with Crippen LogP contribution in [0.3, 0.4) is 0 Å². The molecule has 3 nitrogen and oxygen atoms in total. The minimum atomic E-state index is -0.842. The van der Waals surface area contributed by atoms with Crippen molar-refractivity contribution in [2.24, 2.45) is 5.73 Å². The van der Waals surface area contributed by atoms with Gasteiger partial charge in [-0.1, -0.05) is 12.8 Å². The summed E-state index contributed by atoms with van der Waals surface area (Å²) in [5, 5.41) is 2.82. The van der Waals surface area contributed by atoms with Crippen LogP contribution in [0.2, 0.25) is 0 Å². The Hall–Kier alpha value is -1.49. The molecule has 3 N–H and O–H groups in total. The van der Waals surface area contributed by atoms with Gasteiger partial charge in [0, 0.05) is 12.6 Å². The summed E-state index contributed by atoms with van der Waals surface area (Å²) in [4.78, 5) is 12.1. The van der Waals surface area contributed by atoms with E-state index in [0.29, 0.717) is 6.54 Å². The maximum absolute atomic E-state index is 13.7. The highest BCUT2D eigenvalue weighted by Gasteiger charge is 2.34. The highest BCUT2D eigenvalue weighted by atomic mass is 19.1. The van der Waals surface area contributed by atoms with E-state index in [1.807, 2.05) is 0 Å². The molecule has 0 aliphatic heterocycles. The van der Waals surface area contributed by atoms with Crippen molar-refractivity contribution in [3.05, 3.63) is 34.9 Å². The van der Waals surface area contributed by atoms with E-state index in [0.717, 1.165) is 31.7 Å². The summed E-state index contributed by atoms with van der Waals surface area (Å²) in [6.07, 6.45) is 3.61. The average molecular weight is 268 g/mol. The van der Waals surface area contributed by atoms with Crippen molar-refractivity contribution in [3.63, 3.8) is 0 Å². The molecule has 0 bridgehead atoms. The van der Waals surface area contributed by atoms with Gasteiger partial charge < -0.3 is 11.1 Å². The van der Waals surface area contributed by atoms with Crippen LogP contribution in [-0.4, -0.2) is 18.0 Å². The molecule has 0 spiro atoms. The van der Waals surface area contributed by atoms with Gasteiger partial charge in [-0.05, 0) is 31.4 Å². The summed E-state index contributed by atoms with van der Waals surface area (Å²) in [5.41, 5.74) is 5.40. The van der Waals surface area contributed by atoms with Crippen LogP contribution in [0.4, 0.5) is 8.78 Å². The van der Waals surface area contributed by atoms with Crippen LogP contribution in [0, 0.1) is 18.6 Å². The molecule has 1 aliphatic rings. The lowest BCUT2D eigenvalue weighted by Gasteiger charge is -2.28. The maximum Gasteiger partial charge on any atom is 0.254 e. The van der Waals surface area contributed by atoms with Crippen LogP contribution in [-0.2, 0) is 0 Å². The molecular weight excluding hydrogens is 250 g/mol. The lowest BCUT2D eigenvalue weighted by molar-refractivity contribution is 0.0898. The second-order valence-electron chi connectivity index (χ2n) is 5.23. The molecule has 1 aromatic carbocycles. The summed E-state index contributed by atoms with van der Waals surface area (Å²) in [5.74, 6) is -2.01. The zero-order chi connectivity index (χ0) is 14.0. The van der Waals surface area contributed by atoms with Gasteiger partial charge in [0.25, 0.3) is 5.91 Å². The molecular formula is C14H18F2N2O. The first-order valence-corrected chi connectivity index (χ1v) is 6.46. The molecule has 0 atom stereocenters. The van der Waals surface area contributed by atoms with Gasteiger partial charge in [0.15, 0.2) is 0 Å². The largest absolute Gasteiger partial charge is 0.345 e. The van der Waals surface area contributed by atoms with Crippen molar-refractivity contribution in [1.82, 2.24) is 5.32 Å². The molecule has 1 aromatic rings. The molecule has 1 fully saturated rings. The maximum atomic E-state index is 13.7. The van der Waals surface area contributed by atoms with Crippen LogP contribution >= 0.6 is 0 Å². The molecule has 19 heavy (non-hydrogen) atoms. The van der Waals surface area contributed by atoms with Crippen LogP contribution in [0.25, 0.3) is 0 Å². The number of nitrogens with one attached hydrogen (secondary N) is 1. The number of amides is 1. The van der Waals surface area contributed by atoms with Gasteiger partial charge in [-0.15, -0.1) is 0 Å². The highest BCUT2D eigenvalue weighted by Crippen LogP contribution is 2.29. The smallest absolute Gasteiger partial charge is 0.254 e. The van der Waals surface area contributed by atoms with Crippen molar-refractivity contribution in [2.75, 3.05) is 6.54 Å². The zero-order valence-corrected chi connectivity index (χ0v) is 10.9. The Morgan fingerprint density at radius 1 is 1.32 bits per heavy atom. The third kappa shape index (κ3) is 2.76. The second kappa shape index (κ2) is 5.25. The number of carbonyl (C=O) groups is 1. The van der Waals surface area contributed by atoms with E-state index in [1.54, 1.807) is 0 Å². The Morgan fingerprint density at radius 3 is 2.53 bits per heavy atom. The molecule has 2 rings (SSSR count). The van der Waals surface area contributed by atoms with Gasteiger partial charge in [0.1, 0.15) is 11.6 Å². The minimum Gasteiger partial charge on any atom is -0.345 e. The first kappa shape index (κ1) is 13.9. The fraction of sp³-hybridized carbons (Fsp3) is 0.500. The van der Waals surface area contributed by atoms with Gasteiger partial charge in [0.05, 0.1) is 11.1 Å². The van der Waals surface area contributed by atoms with Gasteiger partial charge in [-0.25, -0.2) is 8.78 Å². The quantitative estimate of drug-likeness (QED) is 0.883. The Morgan fingerprint density at radius 2 is 1.95 bits per heavy atom. The summed E-state index contributed by atoms with van der Waals surface area (Å²) in [6, 6.07) is 1.98. The van der Waals surface area contributed by atoms with E-state index in [4.69, 9.17) is 5.73 Å². The third-order valence-corrected chi connectivity index (χ3v) is 3.82. The molecule has 0 unspecified atom stereocenters. The van der Waals surface area contributed by atoms with Crippen LogP contribution < -0.4 is 11.1 Å². The molecule has 1 saturated carbocycles. The van der Waals surface area contributed by atoms with Gasteiger partial charge in [-0.2, -0.15) is 0 Å². The first-order valence-electron chi connectivity index (χ1n) is 6.46. The molecule has 1 aliphatic carbocycles. The molecule has 0 saturated heterocycles. The number of halogens is 2. The molecule has 104 valence electrons. The Balaban J connectivity index is 2.22. The zero-order valence-electron chi connectivity index (χ0n) is 10.9. The van der Waals surface area contributed by atoms with Crippen molar-refractivity contribution in [3.8, 4) is 0 Å². The predicted molar refractivity (Wildman–Crippen MR) is 68.8 cm³/mol. The number of rotatable bonds is 3. The number of nitrogens with two attached hydrogens (primary N) is 1. The van der Waals surface area contributed by atoms with Gasteiger partial charge in [-0.3, -0.25) is 4.79 Å². The predicted octanol–water partition coefficient (Wildman–Crippen LogP) is 2.27. The van der Waals surface area contributed by atoms with E-state index in [9.17, 15) is 13.6 Å². The summed E-state index contributed by atoms with van der Waals surface area (Å²) in [7, 11) is 0. The second-order valence-corrected chi connectivity index (χ2v) is 5.23. The van der Waals surface area contributed by atoms with Crippen LogP contribution in [0.15, 0.2) is 12.1 Å². The van der Waals surface area contributed by atoms with Crippen molar-refractivity contribution in [1.29, 1.82) is 0 Å². The molecule has 0 aromatic heterocycles. The fourth-order valence-electron chi connectivity index (χ4n) is 2.57. The summed E-state index contributed by atoms with van der Waals surface area (Å²) in [6.45, 7) is 1.83. The van der Waals surface area contributed by atoms with Crippen molar-refractivity contribution < 1.29 is 13.6 Å². The van der Waals surface area contributed by atoms with Crippen molar-refractivity contribution >= 4 is 5.91 Å². The van der Waals surface area contributed by atoms with E-state index >= 15 is 0 Å². The Labute approximate surface area is 111 Å². The molecule has 0 radical (unpaired) electrons. The number of aryl methyl sites for hydroxylation is 1. The average Bonchev–Trinajstić information content (AvgIpc) is 2.83. The first-order chi connectivity index (χ1) is 8.97. The monoisotopic (exact) mass is 268 g/mol. The molecule has 5 heteroatoms. The number of carbonyl (C=O) groups excluding carboxylic acids is 1. The van der Waals surface area contributed by atoms with Gasteiger partial charge >= 0.3 is 0 Å². The minimum absolute atomic E-state index is 0.126. The summed E-state index contributed by atoms with van der Waals surface area (Å²) < 4.78 is 26.8. The van der Waals surface area contributed by atoms with Crippen LogP contribution in [0.5, 0.6) is 0 Å². The summed E-state index contributed by atoms with van der Waals surface area (Å²) >= 11 is 0.